The molecule has 0 rings (SSSR count). The molecular formula is C12H15F5O4. The van der Waals surface area contributed by atoms with Crippen molar-refractivity contribution in [3.05, 3.63) is 12.2 Å². The van der Waals surface area contributed by atoms with E-state index in [4.69, 9.17) is 0 Å². The van der Waals surface area contributed by atoms with Gasteiger partial charge in [0.2, 0.25) is 0 Å². The van der Waals surface area contributed by atoms with Crippen LogP contribution in [0.4, 0.5) is 22.0 Å². The molecule has 0 N–H and O–H groups in total. The minimum Gasteiger partial charge on any atom is -0.461 e. The number of rotatable bonds is 7. The minimum absolute atomic E-state index is 0.158. The van der Waals surface area contributed by atoms with Crippen molar-refractivity contribution in [3.8, 4) is 0 Å². The molecule has 0 radical (unpaired) electrons. The van der Waals surface area contributed by atoms with Gasteiger partial charge in [0.05, 0.1) is 6.42 Å². The number of carbonyl (C=O) groups is 2. The number of carbonyl (C=O) groups excluding carboxylic acids is 2. The molecule has 0 fully saturated rings. The highest BCUT2D eigenvalue weighted by atomic mass is 19.4. The van der Waals surface area contributed by atoms with Crippen LogP contribution < -0.4 is 0 Å². The van der Waals surface area contributed by atoms with Crippen LogP contribution in [0.25, 0.3) is 0 Å². The highest BCUT2D eigenvalue weighted by Crippen LogP contribution is 2.27. The summed E-state index contributed by atoms with van der Waals surface area (Å²) in [5.74, 6) is -7.55. The van der Waals surface area contributed by atoms with Gasteiger partial charge in [-0.2, -0.15) is 22.0 Å². The van der Waals surface area contributed by atoms with E-state index in [-0.39, 0.29) is 5.57 Å². The average molecular weight is 318 g/mol. The highest BCUT2D eigenvalue weighted by Gasteiger charge is 2.50. The van der Waals surface area contributed by atoms with E-state index < -0.39 is 49.6 Å². The van der Waals surface area contributed by atoms with Gasteiger partial charge in [-0.3, -0.25) is 0 Å². The molecule has 0 saturated carbocycles. The van der Waals surface area contributed by atoms with E-state index in [1.165, 1.54) is 13.8 Å². The van der Waals surface area contributed by atoms with Gasteiger partial charge in [0.15, 0.2) is 6.10 Å². The third-order valence-corrected chi connectivity index (χ3v) is 2.26. The number of halogens is 5. The molecule has 0 aromatic heterocycles. The van der Waals surface area contributed by atoms with Crippen LogP contribution in [0.3, 0.4) is 0 Å². The van der Waals surface area contributed by atoms with Crippen molar-refractivity contribution < 1.29 is 41.0 Å². The summed E-state index contributed by atoms with van der Waals surface area (Å²) < 4.78 is 71.1. The smallest absolute Gasteiger partial charge is 0.392 e. The molecule has 9 heteroatoms. The van der Waals surface area contributed by atoms with Crippen molar-refractivity contribution in [2.45, 2.75) is 44.9 Å². The maximum atomic E-state index is 13.7. The second kappa shape index (κ2) is 7.37. The van der Waals surface area contributed by atoms with E-state index >= 15 is 0 Å². The van der Waals surface area contributed by atoms with Crippen LogP contribution in [0.2, 0.25) is 0 Å². The molecule has 1 atom stereocenters. The van der Waals surface area contributed by atoms with Crippen molar-refractivity contribution in [3.63, 3.8) is 0 Å². The molecular weight excluding hydrogens is 303 g/mol. The lowest BCUT2D eigenvalue weighted by molar-refractivity contribution is -0.200. The number of esters is 2. The Morgan fingerprint density at radius 3 is 2.10 bits per heavy atom. The summed E-state index contributed by atoms with van der Waals surface area (Å²) in [5.41, 5.74) is -0.158. The van der Waals surface area contributed by atoms with Crippen LogP contribution in [0, 0.1) is 0 Å². The van der Waals surface area contributed by atoms with Gasteiger partial charge in [-0.05, 0) is 13.3 Å². The third kappa shape index (κ3) is 6.54. The first-order chi connectivity index (χ1) is 9.41. The van der Waals surface area contributed by atoms with Crippen LogP contribution in [0.15, 0.2) is 12.2 Å². The zero-order valence-corrected chi connectivity index (χ0v) is 11.4. The Hall–Kier alpha value is -1.67. The Balaban J connectivity index is 4.70. The summed E-state index contributed by atoms with van der Waals surface area (Å²) in [5, 5.41) is 0. The van der Waals surface area contributed by atoms with Gasteiger partial charge < -0.3 is 9.47 Å². The van der Waals surface area contributed by atoms with Gasteiger partial charge in [-0.15, -0.1) is 0 Å². The molecule has 0 saturated heterocycles. The van der Waals surface area contributed by atoms with E-state index in [2.05, 4.69) is 16.1 Å². The fraction of sp³-hybridized carbons (Fsp3) is 0.667. The van der Waals surface area contributed by atoms with E-state index in [1.807, 2.05) is 0 Å². The Bertz CT molecular complexity index is 403. The van der Waals surface area contributed by atoms with Crippen LogP contribution in [-0.2, 0) is 19.1 Å². The van der Waals surface area contributed by atoms with Crippen LogP contribution in [-0.4, -0.2) is 36.7 Å². The Morgan fingerprint density at radius 2 is 1.71 bits per heavy atom. The average Bonchev–Trinajstić information content (AvgIpc) is 2.33. The molecule has 0 aliphatic carbocycles. The van der Waals surface area contributed by atoms with Crippen molar-refractivity contribution >= 4 is 11.9 Å². The van der Waals surface area contributed by atoms with Gasteiger partial charge >= 0.3 is 24.0 Å². The van der Waals surface area contributed by atoms with Gasteiger partial charge in [-0.1, -0.05) is 13.5 Å². The molecule has 0 aliphatic rings. The summed E-state index contributed by atoms with van der Waals surface area (Å²) in [6.45, 7) is 4.38. The maximum Gasteiger partial charge on any atom is 0.392 e. The van der Waals surface area contributed by atoms with Crippen LogP contribution in [0.1, 0.15) is 26.7 Å². The molecule has 0 bridgehead atoms. The SMILES string of the molecule is C=C(C)C(=O)OC(CC)C(F)(F)C(=O)OCCC(F)(F)F. The Labute approximate surface area is 117 Å². The zero-order chi connectivity index (χ0) is 16.8. The Kier molecular flexibility index (Phi) is 6.78. The van der Waals surface area contributed by atoms with Crippen molar-refractivity contribution in [2.24, 2.45) is 0 Å². The second-order valence-corrected chi connectivity index (χ2v) is 4.21. The first-order valence-corrected chi connectivity index (χ1v) is 5.90. The summed E-state index contributed by atoms with van der Waals surface area (Å²) in [7, 11) is 0. The number of hydrogen-bond donors (Lipinski definition) is 0. The van der Waals surface area contributed by atoms with E-state index in [0.717, 1.165) is 0 Å². The third-order valence-electron chi connectivity index (χ3n) is 2.26. The lowest BCUT2D eigenvalue weighted by Crippen LogP contribution is -2.45. The molecule has 122 valence electrons. The van der Waals surface area contributed by atoms with Gasteiger partial charge in [0, 0.05) is 5.57 Å². The topological polar surface area (TPSA) is 52.6 Å². The summed E-state index contributed by atoms with van der Waals surface area (Å²) in [4.78, 5) is 22.3. The normalized spacial score (nSPS) is 13.5. The lowest BCUT2D eigenvalue weighted by atomic mass is 10.1. The largest absolute Gasteiger partial charge is 0.461 e. The minimum atomic E-state index is -4.63. The predicted octanol–water partition coefficient (Wildman–Crippen LogP) is 3.02. The molecule has 21 heavy (non-hydrogen) atoms. The summed E-state index contributed by atoms with van der Waals surface area (Å²) >= 11 is 0. The lowest BCUT2D eigenvalue weighted by Gasteiger charge is -2.24. The van der Waals surface area contributed by atoms with Crippen molar-refractivity contribution in [2.75, 3.05) is 6.61 Å². The van der Waals surface area contributed by atoms with Crippen LogP contribution in [0.5, 0.6) is 0 Å². The van der Waals surface area contributed by atoms with Gasteiger partial charge in [0.25, 0.3) is 0 Å². The van der Waals surface area contributed by atoms with E-state index in [0.29, 0.717) is 0 Å². The van der Waals surface area contributed by atoms with E-state index in [1.54, 1.807) is 0 Å². The maximum absolute atomic E-state index is 13.7. The molecule has 0 amide bonds. The Morgan fingerprint density at radius 1 is 1.19 bits per heavy atom. The number of ether oxygens (including phenoxy) is 2. The first kappa shape index (κ1) is 19.3. The summed E-state index contributed by atoms with van der Waals surface area (Å²) in [6, 6.07) is 0. The predicted molar refractivity (Wildman–Crippen MR) is 61.6 cm³/mol. The van der Waals surface area contributed by atoms with Crippen molar-refractivity contribution in [1.29, 1.82) is 0 Å². The molecule has 0 spiro atoms. The zero-order valence-electron chi connectivity index (χ0n) is 11.4. The standard InChI is InChI=1S/C12H15F5O4/c1-4-8(21-9(18)7(2)3)12(16,17)10(19)20-6-5-11(13,14)15/h8H,2,4-6H2,1,3H3. The quantitative estimate of drug-likeness (QED) is 0.411. The molecule has 0 aromatic rings. The molecule has 0 heterocycles. The molecule has 1 unspecified atom stereocenters. The second-order valence-electron chi connectivity index (χ2n) is 4.21. The van der Waals surface area contributed by atoms with E-state index in [9.17, 15) is 31.5 Å². The number of alkyl halides is 5. The number of hydrogen-bond acceptors (Lipinski definition) is 4. The molecule has 4 nitrogen and oxygen atoms in total. The summed E-state index contributed by atoms with van der Waals surface area (Å²) in [6.07, 6.45) is -8.75. The monoisotopic (exact) mass is 318 g/mol. The first-order valence-electron chi connectivity index (χ1n) is 5.90. The van der Waals surface area contributed by atoms with Crippen LogP contribution >= 0.6 is 0 Å². The molecule has 0 aromatic carbocycles. The fourth-order valence-corrected chi connectivity index (χ4v) is 1.13. The fourth-order valence-electron chi connectivity index (χ4n) is 1.13. The van der Waals surface area contributed by atoms with Gasteiger partial charge in [0.1, 0.15) is 6.61 Å². The highest BCUT2D eigenvalue weighted by molar-refractivity contribution is 5.87. The van der Waals surface area contributed by atoms with Crippen molar-refractivity contribution in [1.82, 2.24) is 0 Å². The molecule has 0 aliphatic heterocycles. The van der Waals surface area contributed by atoms with Gasteiger partial charge in [-0.25, -0.2) is 9.59 Å².